The standard InChI is InChI=1S/C18H21FN4OS/c19-15-6-2-13(3-7-15)12-16-20-21-18(25-16)23-9-1-8-22(10-11-23)17(24)14-4-5-14/h2-3,6-7,14H,1,4-5,8-12H2. The lowest BCUT2D eigenvalue weighted by Gasteiger charge is -2.21. The third-order valence-electron chi connectivity index (χ3n) is 4.73. The lowest BCUT2D eigenvalue weighted by molar-refractivity contribution is -0.132. The minimum absolute atomic E-state index is 0.225. The number of halogens is 1. The molecule has 0 bridgehead atoms. The molecule has 1 aliphatic carbocycles. The van der Waals surface area contributed by atoms with E-state index in [0.717, 1.165) is 61.1 Å². The molecule has 2 fully saturated rings. The van der Waals surface area contributed by atoms with Gasteiger partial charge in [-0.15, -0.1) is 10.2 Å². The maximum Gasteiger partial charge on any atom is 0.225 e. The summed E-state index contributed by atoms with van der Waals surface area (Å²) in [5.41, 5.74) is 1.03. The molecule has 0 spiro atoms. The number of nitrogens with zero attached hydrogens (tertiary/aromatic N) is 4. The van der Waals surface area contributed by atoms with Crippen LogP contribution in [0.25, 0.3) is 0 Å². The summed E-state index contributed by atoms with van der Waals surface area (Å²) >= 11 is 1.58. The van der Waals surface area contributed by atoms with Gasteiger partial charge in [-0.3, -0.25) is 4.79 Å². The van der Waals surface area contributed by atoms with Crippen molar-refractivity contribution in [3.05, 3.63) is 40.7 Å². The van der Waals surface area contributed by atoms with Gasteiger partial charge in [-0.25, -0.2) is 4.39 Å². The molecule has 0 N–H and O–H groups in total. The third-order valence-corrected chi connectivity index (χ3v) is 5.71. The maximum absolute atomic E-state index is 13.0. The fourth-order valence-electron chi connectivity index (χ4n) is 3.14. The van der Waals surface area contributed by atoms with Crippen LogP contribution < -0.4 is 4.90 Å². The van der Waals surface area contributed by atoms with Crippen LogP contribution in [0.15, 0.2) is 24.3 Å². The van der Waals surface area contributed by atoms with Gasteiger partial charge in [0, 0.05) is 38.5 Å². The van der Waals surface area contributed by atoms with Gasteiger partial charge < -0.3 is 9.80 Å². The Morgan fingerprint density at radius 1 is 1.12 bits per heavy atom. The summed E-state index contributed by atoms with van der Waals surface area (Å²) in [5, 5.41) is 10.5. The van der Waals surface area contributed by atoms with Crippen molar-refractivity contribution in [2.45, 2.75) is 25.7 Å². The first-order valence-corrected chi connectivity index (χ1v) is 9.61. The lowest BCUT2D eigenvalue weighted by Crippen LogP contribution is -2.36. The van der Waals surface area contributed by atoms with Gasteiger partial charge >= 0.3 is 0 Å². The van der Waals surface area contributed by atoms with Crippen LogP contribution >= 0.6 is 11.3 Å². The minimum atomic E-state index is -0.225. The number of aromatic nitrogens is 2. The molecule has 1 aromatic carbocycles. The molecule has 1 amide bonds. The molecule has 132 valence electrons. The van der Waals surface area contributed by atoms with E-state index in [1.54, 1.807) is 23.5 Å². The largest absolute Gasteiger partial charge is 0.345 e. The van der Waals surface area contributed by atoms with E-state index in [1.165, 1.54) is 12.1 Å². The molecule has 0 unspecified atom stereocenters. The van der Waals surface area contributed by atoms with Crippen LogP contribution in [0.2, 0.25) is 0 Å². The first-order valence-electron chi connectivity index (χ1n) is 8.79. The molecule has 2 aromatic rings. The van der Waals surface area contributed by atoms with Crippen molar-refractivity contribution in [2.75, 3.05) is 31.1 Å². The molecule has 0 atom stereocenters. The van der Waals surface area contributed by atoms with Crippen molar-refractivity contribution in [1.82, 2.24) is 15.1 Å². The first-order chi connectivity index (χ1) is 12.2. The highest BCUT2D eigenvalue weighted by atomic mass is 32.1. The Balaban J connectivity index is 1.38. The second-order valence-corrected chi connectivity index (χ2v) is 7.76. The van der Waals surface area contributed by atoms with Gasteiger partial charge in [0.05, 0.1) is 0 Å². The Labute approximate surface area is 150 Å². The molecule has 2 aliphatic rings. The van der Waals surface area contributed by atoms with Crippen molar-refractivity contribution < 1.29 is 9.18 Å². The molecular formula is C18H21FN4OS. The van der Waals surface area contributed by atoms with Crippen LogP contribution in [0.4, 0.5) is 9.52 Å². The first kappa shape index (κ1) is 16.4. The second kappa shape index (κ2) is 7.07. The van der Waals surface area contributed by atoms with Crippen molar-refractivity contribution in [1.29, 1.82) is 0 Å². The normalized spacial score (nSPS) is 18.3. The Hall–Kier alpha value is -2.02. The van der Waals surface area contributed by atoms with Crippen molar-refractivity contribution >= 4 is 22.4 Å². The molecule has 2 heterocycles. The van der Waals surface area contributed by atoms with Crippen LogP contribution in [0, 0.1) is 11.7 Å². The summed E-state index contributed by atoms with van der Waals surface area (Å²) in [6.07, 6.45) is 3.74. The van der Waals surface area contributed by atoms with Gasteiger partial charge in [0.25, 0.3) is 0 Å². The van der Waals surface area contributed by atoms with Crippen molar-refractivity contribution in [3.63, 3.8) is 0 Å². The number of benzene rings is 1. The van der Waals surface area contributed by atoms with E-state index in [9.17, 15) is 9.18 Å². The molecule has 7 heteroatoms. The van der Waals surface area contributed by atoms with Gasteiger partial charge in [0.1, 0.15) is 10.8 Å². The zero-order valence-electron chi connectivity index (χ0n) is 14.0. The van der Waals surface area contributed by atoms with E-state index in [0.29, 0.717) is 12.3 Å². The molecule has 1 saturated carbocycles. The number of amides is 1. The van der Waals surface area contributed by atoms with Crippen molar-refractivity contribution in [2.24, 2.45) is 5.92 Å². The fraction of sp³-hybridized carbons (Fsp3) is 0.500. The van der Waals surface area contributed by atoms with Crippen molar-refractivity contribution in [3.8, 4) is 0 Å². The number of anilines is 1. The Bertz CT molecular complexity index is 744. The van der Waals surface area contributed by atoms with E-state index < -0.39 is 0 Å². The molecule has 5 nitrogen and oxygen atoms in total. The Morgan fingerprint density at radius 3 is 2.68 bits per heavy atom. The number of hydrogen-bond acceptors (Lipinski definition) is 5. The van der Waals surface area contributed by atoms with E-state index in [4.69, 9.17) is 0 Å². The number of hydrogen-bond donors (Lipinski definition) is 0. The smallest absolute Gasteiger partial charge is 0.225 e. The minimum Gasteiger partial charge on any atom is -0.345 e. The molecule has 1 aromatic heterocycles. The van der Waals surface area contributed by atoms with Crippen LogP contribution in [0.5, 0.6) is 0 Å². The second-order valence-electron chi connectivity index (χ2n) is 6.72. The van der Waals surface area contributed by atoms with Gasteiger partial charge in [-0.1, -0.05) is 23.5 Å². The van der Waals surface area contributed by atoms with Crippen LogP contribution in [-0.2, 0) is 11.2 Å². The SMILES string of the molecule is O=C(C1CC1)N1CCCN(c2nnc(Cc3ccc(F)cc3)s2)CC1. The topological polar surface area (TPSA) is 49.3 Å². The Morgan fingerprint density at radius 2 is 1.92 bits per heavy atom. The lowest BCUT2D eigenvalue weighted by atomic mass is 10.2. The summed E-state index contributed by atoms with van der Waals surface area (Å²) in [6, 6.07) is 6.50. The summed E-state index contributed by atoms with van der Waals surface area (Å²) < 4.78 is 13.0. The molecule has 1 aliphatic heterocycles. The molecule has 0 radical (unpaired) electrons. The van der Waals surface area contributed by atoms with E-state index in [2.05, 4.69) is 15.1 Å². The van der Waals surface area contributed by atoms with Gasteiger partial charge in [-0.2, -0.15) is 0 Å². The summed E-state index contributed by atoms with van der Waals surface area (Å²) in [5.74, 6) is 0.392. The monoisotopic (exact) mass is 360 g/mol. The zero-order valence-corrected chi connectivity index (χ0v) is 14.8. The summed E-state index contributed by atoms with van der Waals surface area (Å²) in [4.78, 5) is 16.5. The van der Waals surface area contributed by atoms with Gasteiger partial charge in [-0.05, 0) is 37.0 Å². The highest BCUT2D eigenvalue weighted by Gasteiger charge is 2.34. The number of carbonyl (C=O) groups excluding carboxylic acids is 1. The quantitative estimate of drug-likeness (QED) is 0.841. The van der Waals surface area contributed by atoms with Crippen LogP contribution in [0.3, 0.4) is 0 Å². The summed E-state index contributed by atoms with van der Waals surface area (Å²) in [6.45, 7) is 3.32. The highest BCUT2D eigenvalue weighted by molar-refractivity contribution is 7.15. The molecule has 1 saturated heterocycles. The number of rotatable bonds is 4. The van der Waals surface area contributed by atoms with E-state index in [1.807, 2.05) is 4.90 Å². The van der Waals surface area contributed by atoms with Gasteiger partial charge in [0.2, 0.25) is 11.0 Å². The Kier molecular flexibility index (Phi) is 4.65. The van der Waals surface area contributed by atoms with Crippen LogP contribution in [0.1, 0.15) is 29.8 Å². The third kappa shape index (κ3) is 3.98. The predicted molar refractivity (Wildman–Crippen MR) is 95.2 cm³/mol. The van der Waals surface area contributed by atoms with Gasteiger partial charge in [0.15, 0.2) is 0 Å². The highest BCUT2D eigenvalue weighted by Crippen LogP contribution is 2.31. The summed E-state index contributed by atoms with van der Waals surface area (Å²) in [7, 11) is 0. The average molecular weight is 360 g/mol. The fourth-order valence-corrected chi connectivity index (χ4v) is 4.06. The molecule has 4 rings (SSSR count). The average Bonchev–Trinajstić information content (AvgIpc) is 3.41. The van der Waals surface area contributed by atoms with Crippen LogP contribution in [-0.4, -0.2) is 47.2 Å². The van der Waals surface area contributed by atoms with E-state index >= 15 is 0 Å². The molecular weight excluding hydrogens is 339 g/mol. The maximum atomic E-state index is 13.0. The molecule has 25 heavy (non-hydrogen) atoms. The van der Waals surface area contributed by atoms with E-state index in [-0.39, 0.29) is 11.7 Å². The zero-order chi connectivity index (χ0) is 17.2. The number of carbonyl (C=O) groups is 1. The predicted octanol–water partition coefficient (Wildman–Crippen LogP) is 2.72.